The zero-order chi connectivity index (χ0) is 14.7. The molecule has 1 heterocycles. The topological polar surface area (TPSA) is 34.1 Å². The summed E-state index contributed by atoms with van der Waals surface area (Å²) in [4.78, 5) is 4.35. The van der Waals surface area contributed by atoms with E-state index in [1.165, 1.54) is 11.1 Å². The van der Waals surface area contributed by atoms with Crippen LogP contribution >= 0.6 is 15.9 Å². The molecule has 0 spiro atoms. The summed E-state index contributed by atoms with van der Waals surface area (Å²) in [5, 5.41) is 3.53. The third kappa shape index (κ3) is 3.27. The molecule has 21 heavy (non-hydrogen) atoms. The van der Waals surface area contributed by atoms with Crippen LogP contribution in [-0.2, 0) is 13.0 Å². The SMILES string of the molecule is CCNC1CCc2c(OCc3ccc(Br)cn3)cccc21. The van der Waals surface area contributed by atoms with E-state index in [1.54, 1.807) is 6.20 Å². The number of fused-ring (bicyclic) bond motifs is 1. The summed E-state index contributed by atoms with van der Waals surface area (Å²) in [6.07, 6.45) is 4.03. The highest BCUT2D eigenvalue weighted by atomic mass is 79.9. The van der Waals surface area contributed by atoms with Crippen molar-refractivity contribution in [1.29, 1.82) is 0 Å². The van der Waals surface area contributed by atoms with Crippen LogP contribution in [0.1, 0.15) is 36.2 Å². The molecule has 3 nitrogen and oxygen atoms in total. The minimum Gasteiger partial charge on any atom is -0.487 e. The van der Waals surface area contributed by atoms with E-state index in [4.69, 9.17) is 4.74 Å². The van der Waals surface area contributed by atoms with Crippen LogP contribution in [0, 0.1) is 0 Å². The van der Waals surface area contributed by atoms with Crippen molar-refractivity contribution in [3.05, 3.63) is 57.8 Å². The van der Waals surface area contributed by atoms with Crippen LogP contribution in [0.2, 0.25) is 0 Å². The molecular weight excluding hydrogens is 328 g/mol. The summed E-state index contributed by atoms with van der Waals surface area (Å²) in [6.45, 7) is 3.66. The molecule has 1 N–H and O–H groups in total. The van der Waals surface area contributed by atoms with Crippen LogP contribution in [-0.4, -0.2) is 11.5 Å². The van der Waals surface area contributed by atoms with Crippen LogP contribution < -0.4 is 10.1 Å². The molecule has 0 bridgehead atoms. The quantitative estimate of drug-likeness (QED) is 0.887. The Morgan fingerprint density at radius 2 is 2.24 bits per heavy atom. The van der Waals surface area contributed by atoms with E-state index in [0.29, 0.717) is 12.6 Å². The fraction of sp³-hybridized carbons (Fsp3) is 0.353. The minimum absolute atomic E-state index is 0.472. The largest absolute Gasteiger partial charge is 0.487 e. The molecule has 0 radical (unpaired) electrons. The Bertz CT molecular complexity index is 613. The Kier molecular flexibility index (Phi) is 4.56. The third-order valence-electron chi connectivity index (χ3n) is 3.84. The van der Waals surface area contributed by atoms with E-state index >= 15 is 0 Å². The highest BCUT2D eigenvalue weighted by Crippen LogP contribution is 2.37. The first-order valence-electron chi connectivity index (χ1n) is 7.36. The van der Waals surface area contributed by atoms with Crippen molar-refractivity contribution in [3.63, 3.8) is 0 Å². The number of nitrogens with zero attached hydrogens (tertiary/aromatic N) is 1. The van der Waals surface area contributed by atoms with Gasteiger partial charge in [-0.3, -0.25) is 4.98 Å². The molecule has 1 atom stereocenters. The lowest BCUT2D eigenvalue weighted by molar-refractivity contribution is 0.298. The zero-order valence-electron chi connectivity index (χ0n) is 12.1. The van der Waals surface area contributed by atoms with Gasteiger partial charge < -0.3 is 10.1 Å². The molecular formula is C17H19BrN2O. The summed E-state index contributed by atoms with van der Waals surface area (Å²) >= 11 is 3.39. The second-order valence-corrected chi connectivity index (χ2v) is 6.14. The number of rotatable bonds is 5. The number of aromatic nitrogens is 1. The Morgan fingerprint density at radius 1 is 1.33 bits per heavy atom. The van der Waals surface area contributed by atoms with Crippen molar-refractivity contribution in [2.75, 3.05) is 6.54 Å². The van der Waals surface area contributed by atoms with Gasteiger partial charge in [0.2, 0.25) is 0 Å². The second kappa shape index (κ2) is 6.58. The van der Waals surface area contributed by atoms with Crippen LogP contribution in [0.3, 0.4) is 0 Å². The lowest BCUT2D eigenvalue weighted by Crippen LogP contribution is -2.18. The molecule has 3 rings (SSSR count). The monoisotopic (exact) mass is 346 g/mol. The van der Waals surface area contributed by atoms with Crippen molar-refractivity contribution in [1.82, 2.24) is 10.3 Å². The lowest BCUT2D eigenvalue weighted by Gasteiger charge is -2.14. The van der Waals surface area contributed by atoms with Crippen molar-refractivity contribution in [2.24, 2.45) is 0 Å². The van der Waals surface area contributed by atoms with Crippen LogP contribution in [0.25, 0.3) is 0 Å². The van der Waals surface area contributed by atoms with Crippen LogP contribution in [0.15, 0.2) is 41.0 Å². The Hall–Kier alpha value is -1.39. The molecule has 0 aliphatic heterocycles. The molecule has 0 saturated carbocycles. The summed E-state index contributed by atoms with van der Waals surface area (Å²) in [5.41, 5.74) is 3.68. The van der Waals surface area contributed by atoms with Crippen LogP contribution in [0.4, 0.5) is 0 Å². The van der Waals surface area contributed by atoms with Gasteiger partial charge in [-0.25, -0.2) is 0 Å². The predicted molar refractivity (Wildman–Crippen MR) is 87.4 cm³/mol. The summed E-state index contributed by atoms with van der Waals surface area (Å²) < 4.78 is 6.98. The molecule has 1 unspecified atom stereocenters. The van der Waals surface area contributed by atoms with Crippen LogP contribution in [0.5, 0.6) is 5.75 Å². The van der Waals surface area contributed by atoms with Gasteiger partial charge in [0.25, 0.3) is 0 Å². The van der Waals surface area contributed by atoms with Crippen molar-refractivity contribution >= 4 is 15.9 Å². The van der Waals surface area contributed by atoms with E-state index in [9.17, 15) is 0 Å². The Balaban J connectivity index is 1.73. The molecule has 0 amide bonds. The van der Waals surface area contributed by atoms with E-state index in [1.807, 2.05) is 12.1 Å². The lowest BCUT2D eigenvalue weighted by atomic mass is 10.1. The molecule has 1 aliphatic rings. The number of hydrogen-bond donors (Lipinski definition) is 1. The van der Waals surface area contributed by atoms with Gasteiger partial charge in [0.05, 0.1) is 5.69 Å². The standard InChI is InChI=1S/C17H19BrN2O/c1-2-19-16-9-8-15-14(16)4-3-5-17(15)21-11-13-7-6-12(18)10-20-13/h3-7,10,16,19H,2,8-9,11H2,1H3. The Morgan fingerprint density at radius 3 is 3.00 bits per heavy atom. The van der Waals surface area contributed by atoms with E-state index < -0.39 is 0 Å². The van der Waals surface area contributed by atoms with Gasteiger partial charge in [-0.1, -0.05) is 19.1 Å². The molecule has 4 heteroatoms. The molecule has 1 aromatic heterocycles. The highest BCUT2D eigenvalue weighted by molar-refractivity contribution is 9.10. The van der Waals surface area contributed by atoms with Gasteiger partial charge in [0, 0.05) is 16.7 Å². The smallest absolute Gasteiger partial charge is 0.130 e. The van der Waals surface area contributed by atoms with Crippen molar-refractivity contribution in [3.8, 4) is 5.75 Å². The van der Waals surface area contributed by atoms with Gasteiger partial charge in [0.1, 0.15) is 12.4 Å². The third-order valence-corrected chi connectivity index (χ3v) is 4.31. The van der Waals surface area contributed by atoms with Gasteiger partial charge in [-0.05, 0) is 64.6 Å². The Labute approximate surface area is 133 Å². The first-order chi connectivity index (χ1) is 10.3. The molecule has 0 saturated heterocycles. The fourth-order valence-corrected chi connectivity index (χ4v) is 3.09. The number of nitrogens with one attached hydrogen (secondary N) is 1. The summed E-state index contributed by atoms with van der Waals surface area (Å²) in [6, 6.07) is 10.8. The number of benzene rings is 1. The molecule has 110 valence electrons. The first kappa shape index (κ1) is 14.5. The predicted octanol–water partition coefficient (Wildman–Crippen LogP) is 4.02. The first-order valence-corrected chi connectivity index (χ1v) is 8.15. The molecule has 1 aliphatic carbocycles. The van der Waals surface area contributed by atoms with Gasteiger partial charge in [0.15, 0.2) is 0 Å². The number of pyridine rings is 1. The maximum Gasteiger partial charge on any atom is 0.130 e. The van der Waals surface area contributed by atoms with E-state index in [0.717, 1.165) is 35.3 Å². The fourth-order valence-electron chi connectivity index (χ4n) is 2.86. The van der Waals surface area contributed by atoms with Crippen molar-refractivity contribution in [2.45, 2.75) is 32.4 Å². The average molecular weight is 347 g/mol. The zero-order valence-corrected chi connectivity index (χ0v) is 13.7. The number of hydrogen-bond acceptors (Lipinski definition) is 3. The maximum atomic E-state index is 6.00. The average Bonchev–Trinajstić information content (AvgIpc) is 2.91. The highest BCUT2D eigenvalue weighted by Gasteiger charge is 2.24. The molecule has 0 fully saturated rings. The van der Waals surface area contributed by atoms with Gasteiger partial charge in [-0.15, -0.1) is 0 Å². The molecule has 1 aromatic carbocycles. The summed E-state index contributed by atoms with van der Waals surface area (Å²) in [5.74, 6) is 0.998. The van der Waals surface area contributed by atoms with Gasteiger partial charge >= 0.3 is 0 Å². The van der Waals surface area contributed by atoms with E-state index in [-0.39, 0.29) is 0 Å². The van der Waals surface area contributed by atoms with Crippen molar-refractivity contribution < 1.29 is 4.74 Å². The maximum absolute atomic E-state index is 6.00. The summed E-state index contributed by atoms with van der Waals surface area (Å²) in [7, 11) is 0. The second-order valence-electron chi connectivity index (χ2n) is 5.23. The number of ether oxygens (including phenoxy) is 1. The number of halogens is 1. The normalized spacial score (nSPS) is 16.8. The van der Waals surface area contributed by atoms with E-state index in [2.05, 4.69) is 51.4 Å². The minimum atomic E-state index is 0.472. The van der Waals surface area contributed by atoms with Gasteiger partial charge in [-0.2, -0.15) is 0 Å². The molecule has 2 aromatic rings.